The SMILES string of the molecule is O=C(COc1ccccc1I)N/N=C\c1cc(Br)c(Br)o1. The van der Waals surface area contributed by atoms with Crippen molar-refractivity contribution in [3.63, 3.8) is 0 Å². The first kappa shape index (κ1) is 16.5. The van der Waals surface area contributed by atoms with Gasteiger partial charge in [-0.15, -0.1) is 0 Å². The number of ether oxygens (including phenoxy) is 1. The Hall–Kier alpha value is -0.870. The van der Waals surface area contributed by atoms with Gasteiger partial charge in [0.15, 0.2) is 11.3 Å². The summed E-state index contributed by atoms with van der Waals surface area (Å²) >= 11 is 8.64. The maximum Gasteiger partial charge on any atom is 0.277 e. The monoisotopic (exact) mass is 526 g/mol. The third-order valence-corrected chi connectivity index (χ3v) is 4.84. The summed E-state index contributed by atoms with van der Waals surface area (Å²) in [6.07, 6.45) is 1.40. The van der Waals surface area contributed by atoms with Gasteiger partial charge in [0.1, 0.15) is 11.5 Å². The van der Waals surface area contributed by atoms with Gasteiger partial charge in [-0.2, -0.15) is 5.10 Å². The second-order valence-electron chi connectivity index (χ2n) is 3.78. The van der Waals surface area contributed by atoms with Crippen LogP contribution in [0, 0.1) is 3.57 Å². The standard InChI is InChI=1S/C13H9Br2IN2O3/c14-9-5-8(21-13(9)15)6-17-18-12(19)7-20-11-4-2-1-3-10(11)16/h1-6H,7H2,(H,18,19)/b17-6-. The van der Waals surface area contributed by atoms with E-state index in [9.17, 15) is 4.79 Å². The van der Waals surface area contributed by atoms with Crippen molar-refractivity contribution in [1.29, 1.82) is 0 Å². The van der Waals surface area contributed by atoms with Crippen LogP contribution in [0.5, 0.6) is 5.75 Å². The average molecular weight is 528 g/mol. The van der Waals surface area contributed by atoms with Gasteiger partial charge < -0.3 is 9.15 Å². The molecule has 1 aromatic carbocycles. The molecule has 0 fully saturated rings. The van der Waals surface area contributed by atoms with Crippen LogP contribution in [0.3, 0.4) is 0 Å². The molecular weight excluding hydrogens is 519 g/mol. The van der Waals surface area contributed by atoms with Crippen molar-refractivity contribution in [2.45, 2.75) is 0 Å². The van der Waals surface area contributed by atoms with Crippen molar-refractivity contribution in [3.8, 4) is 5.75 Å². The third-order valence-electron chi connectivity index (χ3n) is 2.24. The minimum atomic E-state index is -0.351. The van der Waals surface area contributed by atoms with Crippen LogP contribution in [0.25, 0.3) is 0 Å². The van der Waals surface area contributed by atoms with Gasteiger partial charge in [-0.05, 0) is 66.6 Å². The molecule has 21 heavy (non-hydrogen) atoms. The van der Waals surface area contributed by atoms with Crippen molar-refractivity contribution in [3.05, 3.63) is 48.8 Å². The molecule has 0 aliphatic rings. The number of carbonyl (C=O) groups excluding carboxylic acids is 1. The molecule has 1 heterocycles. The third kappa shape index (κ3) is 5.11. The van der Waals surface area contributed by atoms with E-state index in [-0.39, 0.29) is 12.5 Å². The van der Waals surface area contributed by atoms with Crippen molar-refractivity contribution < 1.29 is 13.9 Å². The normalized spacial score (nSPS) is 10.8. The highest BCUT2D eigenvalue weighted by atomic mass is 127. The van der Waals surface area contributed by atoms with E-state index in [1.165, 1.54) is 6.21 Å². The summed E-state index contributed by atoms with van der Waals surface area (Å²) in [5, 5.41) is 3.79. The Labute approximate surface area is 151 Å². The van der Waals surface area contributed by atoms with Gasteiger partial charge in [0.25, 0.3) is 5.91 Å². The summed E-state index contributed by atoms with van der Waals surface area (Å²) in [6.45, 7) is -0.108. The molecule has 1 amide bonds. The van der Waals surface area contributed by atoms with Crippen LogP contribution in [-0.2, 0) is 4.79 Å². The summed E-state index contributed by atoms with van der Waals surface area (Å²) in [7, 11) is 0. The zero-order valence-corrected chi connectivity index (χ0v) is 15.8. The van der Waals surface area contributed by atoms with Crippen molar-refractivity contribution in [2.75, 3.05) is 6.61 Å². The van der Waals surface area contributed by atoms with Gasteiger partial charge >= 0.3 is 0 Å². The summed E-state index contributed by atoms with van der Waals surface area (Å²) in [6, 6.07) is 9.18. The van der Waals surface area contributed by atoms with Gasteiger partial charge in [-0.1, -0.05) is 12.1 Å². The number of benzene rings is 1. The van der Waals surface area contributed by atoms with Gasteiger partial charge in [0.05, 0.1) is 14.3 Å². The lowest BCUT2D eigenvalue weighted by atomic mass is 10.3. The number of hydrazone groups is 1. The number of nitrogens with one attached hydrogen (secondary N) is 1. The molecule has 0 bridgehead atoms. The van der Waals surface area contributed by atoms with Crippen LogP contribution in [0.2, 0.25) is 0 Å². The van der Waals surface area contributed by atoms with E-state index in [4.69, 9.17) is 9.15 Å². The Morgan fingerprint density at radius 2 is 2.19 bits per heavy atom. The Kier molecular flexibility index (Phi) is 6.24. The van der Waals surface area contributed by atoms with E-state index in [2.05, 4.69) is 65.0 Å². The maximum absolute atomic E-state index is 11.6. The van der Waals surface area contributed by atoms with E-state index in [1.807, 2.05) is 18.2 Å². The van der Waals surface area contributed by atoms with E-state index in [0.29, 0.717) is 16.2 Å². The number of para-hydroxylation sites is 1. The fourth-order valence-corrected chi connectivity index (χ4v) is 2.48. The van der Waals surface area contributed by atoms with Crippen LogP contribution >= 0.6 is 54.5 Å². The second kappa shape index (κ2) is 7.95. The Balaban J connectivity index is 1.81. The number of nitrogens with zero attached hydrogens (tertiary/aromatic N) is 1. The molecule has 0 unspecified atom stereocenters. The fourth-order valence-electron chi connectivity index (χ4n) is 1.33. The quantitative estimate of drug-likeness (QED) is 0.364. The molecule has 0 atom stereocenters. The van der Waals surface area contributed by atoms with Crippen molar-refractivity contribution in [1.82, 2.24) is 5.43 Å². The lowest BCUT2D eigenvalue weighted by Crippen LogP contribution is -2.24. The molecule has 0 aliphatic heterocycles. The molecule has 0 saturated heterocycles. The van der Waals surface area contributed by atoms with Crippen LogP contribution in [0.1, 0.15) is 5.76 Å². The molecular formula is C13H9Br2IN2O3. The topological polar surface area (TPSA) is 63.8 Å². The number of carbonyl (C=O) groups is 1. The molecule has 110 valence electrons. The zero-order chi connectivity index (χ0) is 15.2. The van der Waals surface area contributed by atoms with E-state index in [1.54, 1.807) is 12.1 Å². The highest BCUT2D eigenvalue weighted by Crippen LogP contribution is 2.25. The zero-order valence-electron chi connectivity index (χ0n) is 10.5. The summed E-state index contributed by atoms with van der Waals surface area (Å²) in [4.78, 5) is 11.6. The summed E-state index contributed by atoms with van der Waals surface area (Å²) in [5.41, 5.74) is 2.36. The minimum Gasteiger partial charge on any atom is -0.483 e. The molecule has 1 aromatic heterocycles. The molecule has 1 N–H and O–H groups in total. The van der Waals surface area contributed by atoms with Crippen LogP contribution < -0.4 is 10.2 Å². The first-order chi connectivity index (χ1) is 10.1. The summed E-state index contributed by atoms with van der Waals surface area (Å²) < 4.78 is 13.0. The lowest BCUT2D eigenvalue weighted by molar-refractivity contribution is -0.123. The minimum absolute atomic E-state index is 0.108. The smallest absolute Gasteiger partial charge is 0.277 e. The first-order valence-corrected chi connectivity index (χ1v) is 8.37. The Morgan fingerprint density at radius 1 is 1.43 bits per heavy atom. The Morgan fingerprint density at radius 3 is 2.86 bits per heavy atom. The molecule has 0 aliphatic carbocycles. The van der Waals surface area contributed by atoms with Crippen LogP contribution in [0.4, 0.5) is 0 Å². The number of hydrogen-bond acceptors (Lipinski definition) is 4. The molecule has 0 spiro atoms. The predicted octanol–water partition coefficient (Wildman–Crippen LogP) is 3.94. The first-order valence-electron chi connectivity index (χ1n) is 5.70. The van der Waals surface area contributed by atoms with Crippen LogP contribution in [0.15, 0.2) is 49.0 Å². The van der Waals surface area contributed by atoms with E-state index >= 15 is 0 Å². The number of furan rings is 1. The van der Waals surface area contributed by atoms with E-state index < -0.39 is 0 Å². The molecule has 0 saturated carbocycles. The molecule has 2 rings (SSSR count). The van der Waals surface area contributed by atoms with Crippen molar-refractivity contribution in [2.24, 2.45) is 5.10 Å². The maximum atomic E-state index is 11.6. The Bertz CT molecular complexity index is 654. The number of rotatable bonds is 5. The van der Waals surface area contributed by atoms with Gasteiger partial charge in [0.2, 0.25) is 0 Å². The predicted molar refractivity (Wildman–Crippen MR) is 94.5 cm³/mol. The lowest BCUT2D eigenvalue weighted by Gasteiger charge is -2.06. The highest BCUT2D eigenvalue weighted by Gasteiger charge is 2.05. The van der Waals surface area contributed by atoms with Gasteiger partial charge in [-0.25, -0.2) is 5.43 Å². The summed E-state index contributed by atoms with van der Waals surface area (Å²) in [5.74, 6) is 0.819. The van der Waals surface area contributed by atoms with Crippen LogP contribution in [-0.4, -0.2) is 18.7 Å². The molecule has 8 heteroatoms. The second-order valence-corrected chi connectivity index (χ2v) is 6.52. The average Bonchev–Trinajstić information content (AvgIpc) is 2.77. The molecule has 5 nitrogen and oxygen atoms in total. The van der Waals surface area contributed by atoms with Gasteiger partial charge in [-0.3, -0.25) is 4.79 Å². The number of hydrogen-bond donors (Lipinski definition) is 1. The fraction of sp³-hybridized carbons (Fsp3) is 0.0769. The van der Waals surface area contributed by atoms with Gasteiger partial charge in [0, 0.05) is 6.07 Å². The van der Waals surface area contributed by atoms with E-state index in [0.717, 1.165) is 8.04 Å². The largest absolute Gasteiger partial charge is 0.483 e. The number of halogens is 3. The molecule has 2 aromatic rings. The highest BCUT2D eigenvalue weighted by molar-refractivity contribution is 14.1. The molecule has 0 radical (unpaired) electrons. The van der Waals surface area contributed by atoms with Crippen molar-refractivity contribution >= 4 is 66.6 Å². The number of amides is 1.